The third-order valence-electron chi connectivity index (χ3n) is 2.68. The second kappa shape index (κ2) is 6.01. The number of rotatable bonds is 4. The Kier molecular flexibility index (Phi) is 4.58. The normalized spacial score (nSPS) is 10.8. The predicted octanol–water partition coefficient (Wildman–Crippen LogP) is 3.42. The van der Waals surface area contributed by atoms with Crippen molar-refractivity contribution in [2.24, 2.45) is 12.8 Å². The second-order valence-corrected chi connectivity index (χ2v) is 5.16. The topological polar surface area (TPSA) is 53.1 Å². The molecule has 0 spiro atoms. The molecule has 2 rings (SSSR count). The molecule has 0 aliphatic heterocycles. The summed E-state index contributed by atoms with van der Waals surface area (Å²) in [7, 11) is 1.81. The lowest BCUT2D eigenvalue weighted by Crippen LogP contribution is -2.07. The SMILES string of the molecule is Cn1c(Cl)cnc1COc1c(Cl)cc(Cl)cc1CN. The lowest BCUT2D eigenvalue weighted by atomic mass is 10.2. The molecule has 19 heavy (non-hydrogen) atoms. The zero-order chi connectivity index (χ0) is 14.0. The first-order valence-corrected chi connectivity index (χ1v) is 6.63. The van der Waals surface area contributed by atoms with Gasteiger partial charge in [-0.05, 0) is 12.1 Å². The molecule has 4 nitrogen and oxygen atoms in total. The number of hydrogen-bond acceptors (Lipinski definition) is 3. The van der Waals surface area contributed by atoms with Gasteiger partial charge in [-0.2, -0.15) is 0 Å². The van der Waals surface area contributed by atoms with Crippen LogP contribution >= 0.6 is 34.8 Å². The van der Waals surface area contributed by atoms with Gasteiger partial charge in [0.25, 0.3) is 0 Å². The van der Waals surface area contributed by atoms with Crippen molar-refractivity contribution in [2.75, 3.05) is 0 Å². The van der Waals surface area contributed by atoms with Crippen LogP contribution in [0.4, 0.5) is 0 Å². The highest BCUT2D eigenvalue weighted by Crippen LogP contribution is 2.32. The summed E-state index contributed by atoms with van der Waals surface area (Å²) in [5.41, 5.74) is 6.40. The van der Waals surface area contributed by atoms with E-state index in [1.165, 1.54) is 0 Å². The molecule has 1 heterocycles. The van der Waals surface area contributed by atoms with Crippen molar-refractivity contribution >= 4 is 34.8 Å². The first-order valence-electron chi connectivity index (χ1n) is 5.49. The summed E-state index contributed by atoms with van der Waals surface area (Å²) >= 11 is 17.9. The highest BCUT2D eigenvalue weighted by atomic mass is 35.5. The minimum Gasteiger partial charge on any atom is -0.484 e. The lowest BCUT2D eigenvalue weighted by Gasteiger charge is -2.12. The summed E-state index contributed by atoms with van der Waals surface area (Å²) < 4.78 is 7.41. The van der Waals surface area contributed by atoms with Crippen molar-refractivity contribution in [1.82, 2.24) is 9.55 Å². The van der Waals surface area contributed by atoms with Gasteiger partial charge in [0.15, 0.2) is 0 Å². The van der Waals surface area contributed by atoms with Crippen LogP contribution in [0.3, 0.4) is 0 Å². The number of benzene rings is 1. The second-order valence-electron chi connectivity index (χ2n) is 3.92. The molecule has 1 aromatic carbocycles. The van der Waals surface area contributed by atoms with Gasteiger partial charge >= 0.3 is 0 Å². The maximum absolute atomic E-state index is 6.11. The molecule has 102 valence electrons. The molecule has 2 aromatic rings. The largest absolute Gasteiger partial charge is 0.484 e. The van der Waals surface area contributed by atoms with E-state index in [0.717, 1.165) is 5.56 Å². The van der Waals surface area contributed by atoms with Gasteiger partial charge in [0.2, 0.25) is 0 Å². The van der Waals surface area contributed by atoms with Crippen LogP contribution in [0.1, 0.15) is 11.4 Å². The van der Waals surface area contributed by atoms with Gasteiger partial charge < -0.3 is 15.0 Å². The van der Waals surface area contributed by atoms with Crippen molar-refractivity contribution in [3.05, 3.63) is 44.9 Å². The molecular weight excluding hydrogens is 309 g/mol. The van der Waals surface area contributed by atoms with E-state index in [2.05, 4.69) is 4.98 Å². The summed E-state index contributed by atoms with van der Waals surface area (Å²) in [5, 5.41) is 1.49. The average Bonchev–Trinajstić information content (AvgIpc) is 2.68. The molecule has 0 saturated heterocycles. The standard InChI is InChI=1S/C12H12Cl3N3O/c1-18-10(15)5-17-11(18)6-19-12-7(4-16)2-8(13)3-9(12)14/h2-3,5H,4,6,16H2,1H3. The van der Waals surface area contributed by atoms with E-state index in [4.69, 9.17) is 45.3 Å². The van der Waals surface area contributed by atoms with E-state index >= 15 is 0 Å². The summed E-state index contributed by atoms with van der Waals surface area (Å²) in [4.78, 5) is 4.14. The fraction of sp³-hybridized carbons (Fsp3) is 0.250. The number of ether oxygens (including phenoxy) is 1. The van der Waals surface area contributed by atoms with Gasteiger partial charge in [-0.3, -0.25) is 0 Å². The maximum atomic E-state index is 6.11. The minimum absolute atomic E-state index is 0.248. The summed E-state index contributed by atoms with van der Waals surface area (Å²) in [6.07, 6.45) is 1.56. The highest BCUT2D eigenvalue weighted by molar-refractivity contribution is 6.35. The number of aromatic nitrogens is 2. The van der Waals surface area contributed by atoms with Gasteiger partial charge in [0.05, 0.1) is 11.2 Å². The van der Waals surface area contributed by atoms with E-state index in [1.54, 1.807) is 29.9 Å². The zero-order valence-electron chi connectivity index (χ0n) is 10.2. The third-order valence-corrected chi connectivity index (χ3v) is 3.53. The Morgan fingerprint density at radius 3 is 2.63 bits per heavy atom. The monoisotopic (exact) mass is 319 g/mol. The van der Waals surface area contributed by atoms with Crippen molar-refractivity contribution < 1.29 is 4.74 Å². The number of hydrogen-bond donors (Lipinski definition) is 1. The van der Waals surface area contributed by atoms with Gasteiger partial charge in [0.1, 0.15) is 23.3 Å². The van der Waals surface area contributed by atoms with Crippen molar-refractivity contribution in [1.29, 1.82) is 0 Å². The van der Waals surface area contributed by atoms with Crippen molar-refractivity contribution in [3.8, 4) is 5.75 Å². The van der Waals surface area contributed by atoms with Crippen LogP contribution in [0.5, 0.6) is 5.75 Å². The quantitative estimate of drug-likeness (QED) is 0.939. The Balaban J connectivity index is 2.22. The Morgan fingerprint density at radius 1 is 1.32 bits per heavy atom. The molecule has 7 heteroatoms. The van der Waals surface area contributed by atoms with Crippen LogP contribution in [-0.2, 0) is 20.2 Å². The van der Waals surface area contributed by atoms with Crippen LogP contribution in [0.2, 0.25) is 15.2 Å². The lowest BCUT2D eigenvalue weighted by molar-refractivity contribution is 0.289. The number of halogens is 3. The average molecular weight is 321 g/mol. The Morgan fingerprint density at radius 2 is 2.05 bits per heavy atom. The molecule has 0 aliphatic carbocycles. The highest BCUT2D eigenvalue weighted by Gasteiger charge is 2.12. The van der Waals surface area contributed by atoms with E-state index in [9.17, 15) is 0 Å². The van der Waals surface area contributed by atoms with E-state index in [0.29, 0.717) is 26.8 Å². The molecule has 0 unspecified atom stereocenters. The Bertz CT molecular complexity index is 598. The molecule has 0 bridgehead atoms. The van der Waals surface area contributed by atoms with Gasteiger partial charge in [-0.25, -0.2) is 4.98 Å². The first kappa shape index (κ1) is 14.5. The minimum atomic E-state index is 0.248. The summed E-state index contributed by atoms with van der Waals surface area (Å²) in [6, 6.07) is 3.34. The van der Waals surface area contributed by atoms with Crippen LogP contribution < -0.4 is 10.5 Å². The zero-order valence-corrected chi connectivity index (χ0v) is 12.4. The van der Waals surface area contributed by atoms with Crippen molar-refractivity contribution in [2.45, 2.75) is 13.2 Å². The number of nitrogens with zero attached hydrogens (tertiary/aromatic N) is 2. The molecule has 0 saturated carbocycles. The third kappa shape index (κ3) is 3.15. The molecular formula is C12H12Cl3N3O. The fourth-order valence-electron chi connectivity index (χ4n) is 1.62. The maximum Gasteiger partial charge on any atom is 0.147 e. The molecule has 2 N–H and O–H groups in total. The molecule has 0 fully saturated rings. The van der Waals surface area contributed by atoms with Gasteiger partial charge in [-0.15, -0.1) is 0 Å². The van der Waals surface area contributed by atoms with Gasteiger partial charge in [0, 0.05) is 24.2 Å². The first-order chi connectivity index (χ1) is 9.02. The molecule has 0 atom stereocenters. The molecule has 0 aliphatic rings. The van der Waals surface area contributed by atoms with E-state index < -0.39 is 0 Å². The number of imidazole rings is 1. The fourth-order valence-corrected chi connectivity index (χ4v) is 2.36. The van der Waals surface area contributed by atoms with E-state index in [-0.39, 0.29) is 13.2 Å². The van der Waals surface area contributed by atoms with Crippen LogP contribution in [-0.4, -0.2) is 9.55 Å². The Labute approximate surface area is 126 Å². The predicted molar refractivity (Wildman–Crippen MR) is 76.9 cm³/mol. The van der Waals surface area contributed by atoms with Crippen LogP contribution in [0, 0.1) is 0 Å². The van der Waals surface area contributed by atoms with Gasteiger partial charge in [-0.1, -0.05) is 34.8 Å². The summed E-state index contributed by atoms with van der Waals surface area (Å²) in [5.74, 6) is 1.21. The smallest absolute Gasteiger partial charge is 0.147 e. The van der Waals surface area contributed by atoms with Crippen molar-refractivity contribution in [3.63, 3.8) is 0 Å². The summed E-state index contributed by atoms with van der Waals surface area (Å²) in [6.45, 7) is 0.536. The number of nitrogens with two attached hydrogens (primary N) is 1. The Hall–Kier alpha value is -0.940. The molecule has 1 aromatic heterocycles. The van der Waals surface area contributed by atoms with E-state index in [1.807, 2.05) is 0 Å². The van der Waals surface area contributed by atoms with Crippen LogP contribution in [0.15, 0.2) is 18.3 Å². The van der Waals surface area contributed by atoms with Crippen LogP contribution in [0.25, 0.3) is 0 Å². The molecule has 0 amide bonds. The molecule has 0 radical (unpaired) electrons.